The van der Waals surface area contributed by atoms with Gasteiger partial charge in [0.2, 0.25) is 0 Å². The van der Waals surface area contributed by atoms with E-state index in [9.17, 15) is 4.79 Å². The molecule has 0 aromatic heterocycles. The molecule has 5 atom stereocenters. The van der Waals surface area contributed by atoms with Gasteiger partial charge in [0.15, 0.2) is 5.79 Å². The number of allylic oxidation sites excluding steroid dienone is 1. The highest BCUT2D eigenvalue weighted by Gasteiger charge is 2.67. The molecule has 0 N–H and O–H groups in total. The third-order valence-corrected chi connectivity index (χ3v) is 4.67. The first-order chi connectivity index (χ1) is 8.72. The Hall–Kier alpha value is -1.13. The first-order valence-electron chi connectivity index (χ1n) is 6.54. The van der Waals surface area contributed by atoms with Crippen molar-refractivity contribution in [1.82, 2.24) is 0 Å². The Morgan fingerprint density at radius 3 is 2.61 bits per heavy atom. The zero-order chi connectivity index (χ0) is 12.3. The van der Waals surface area contributed by atoms with Crippen LogP contribution in [0, 0.1) is 23.7 Å². The van der Waals surface area contributed by atoms with E-state index in [0.717, 1.165) is 0 Å². The van der Waals surface area contributed by atoms with Crippen molar-refractivity contribution in [2.75, 3.05) is 13.2 Å². The molecule has 4 aliphatic rings. The lowest BCUT2D eigenvalue weighted by Crippen LogP contribution is -2.39. The Labute approximate surface area is 106 Å². The van der Waals surface area contributed by atoms with E-state index < -0.39 is 5.79 Å². The van der Waals surface area contributed by atoms with Crippen molar-refractivity contribution in [3.05, 3.63) is 24.3 Å². The Balaban J connectivity index is 1.67. The summed E-state index contributed by atoms with van der Waals surface area (Å²) < 4.78 is 17.2. The van der Waals surface area contributed by atoms with Crippen LogP contribution in [0.3, 0.4) is 0 Å². The van der Waals surface area contributed by atoms with Crippen LogP contribution in [0.1, 0.15) is 6.92 Å². The summed E-state index contributed by atoms with van der Waals surface area (Å²) in [4.78, 5) is 11.2. The maximum atomic E-state index is 11.2. The van der Waals surface area contributed by atoms with Crippen LogP contribution in [0.4, 0.5) is 0 Å². The van der Waals surface area contributed by atoms with Gasteiger partial charge in [0.25, 0.3) is 0 Å². The molecule has 0 aromatic rings. The van der Waals surface area contributed by atoms with Gasteiger partial charge in [-0.05, 0) is 12.0 Å². The predicted octanol–water partition coefficient (Wildman–Crippen LogP) is 1.28. The smallest absolute Gasteiger partial charge is 0.303 e. The minimum absolute atomic E-state index is 0.128. The molecular formula is C14H16O4. The van der Waals surface area contributed by atoms with E-state index >= 15 is 0 Å². The van der Waals surface area contributed by atoms with Crippen molar-refractivity contribution in [2.45, 2.75) is 18.8 Å². The molecule has 0 amide bonds. The summed E-state index contributed by atoms with van der Waals surface area (Å²) in [5.74, 6) is 0.434. The zero-order valence-electron chi connectivity index (χ0n) is 10.2. The van der Waals surface area contributed by atoms with Gasteiger partial charge >= 0.3 is 5.97 Å². The molecule has 0 radical (unpaired) electrons. The van der Waals surface area contributed by atoms with Crippen molar-refractivity contribution in [2.24, 2.45) is 23.7 Å². The summed E-state index contributed by atoms with van der Waals surface area (Å²) >= 11 is 0. The van der Waals surface area contributed by atoms with Crippen molar-refractivity contribution in [3.8, 4) is 0 Å². The molecule has 4 nitrogen and oxygen atoms in total. The van der Waals surface area contributed by atoms with Gasteiger partial charge in [-0.1, -0.05) is 18.2 Å². The van der Waals surface area contributed by atoms with E-state index in [1.807, 2.05) is 6.08 Å². The van der Waals surface area contributed by atoms with Crippen LogP contribution in [0.2, 0.25) is 0 Å². The van der Waals surface area contributed by atoms with Crippen LogP contribution < -0.4 is 0 Å². The fourth-order valence-electron chi connectivity index (χ4n) is 4.18. The van der Waals surface area contributed by atoms with Gasteiger partial charge < -0.3 is 14.2 Å². The molecule has 0 aromatic carbocycles. The van der Waals surface area contributed by atoms with Gasteiger partial charge in [-0.2, -0.15) is 0 Å². The molecule has 1 heterocycles. The van der Waals surface area contributed by atoms with E-state index in [-0.39, 0.29) is 29.8 Å². The highest BCUT2D eigenvalue weighted by Crippen LogP contribution is 2.61. The van der Waals surface area contributed by atoms with Gasteiger partial charge in [-0.15, -0.1) is 0 Å². The van der Waals surface area contributed by atoms with E-state index in [1.165, 1.54) is 6.92 Å². The summed E-state index contributed by atoms with van der Waals surface area (Å²) in [6.07, 6.45) is 8.44. The summed E-state index contributed by atoms with van der Waals surface area (Å²) in [6, 6.07) is 0. The van der Waals surface area contributed by atoms with E-state index in [4.69, 9.17) is 14.2 Å². The van der Waals surface area contributed by atoms with Crippen molar-refractivity contribution in [1.29, 1.82) is 0 Å². The van der Waals surface area contributed by atoms with Gasteiger partial charge in [0.1, 0.15) is 6.10 Å². The van der Waals surface area contributed by atoms with Crippen LogP contribution in [-0.4, -0.2) is 31.1 Å². The maximum absolute atomic E-state index is 11.2. The highest BCUT2D eigenvalue weighted by molar-refractivity contribution is 5.66. The zero-order valence-corrected chi connectivity index (χ0v) is 10.2. The predicted molar refractivity (Wildman–Crippen MR) is 62.4 cm³/mol. The molecular weight excluding hydrogens is 232 g/mol. The number of hydrogen-bond acceptors (Lipinski definition) is 4. The second-order valence-electron chi connectivity index (χ2n) is 5.47. The molecule has 4 heteroatoms. The lowest BCUT2D eigenvalue weighted by molar-refractivity contribution is -0.190. The number of hydrogen-bond donors (Lipinski definition) is 0. The topological polar surface area (TPSA) is 44.8 Å². The summed E-state index contributed by atoms with van der Waals surface area (Å²) in [5.41, 5.74) is 0. The normalized spacial score (nSPS) is 45.9. The van der Waals surface area contributed by atoms with Crippen molar-refractivity contribution < 1.29 is 19.0 Å². The van der Waals surface area contributed by atoms with Gasteiger partial charge in [-0.25, -0.2) is 0 Å². The van der Waals surface area contributed by atoms with E-state index in [1.54, 1.807) is 0 Å². The van der Waals surface area contributed by atoms with Gasteiger partial charge in [-0.3, -0.25) is 4.79 Å². The average molecular weight is 248 g/mol. The minimum Gasteiger partial charge on any atom is -0.458 e. The number of carbonyl (C=O) groups excluding carboxylic acids is 1. The lowest BCUT2D eigenvalue weighted by Gasteiger charge is -2.30. The fourth-order valence-corrected chi connectivity index (χ4v) is 4.18. The Morgan fingerprint density at radius 1 is 1.17 bits per heavy atom. The largest absolute Gasteiger partial charge is 0.458 e. The first-order valence-corrected chi connectivity index (χ1v) is 6.54. The number of carbonyl (C=O) groups is 1. The van der Waals surface area contributed by atoms with Crippen molar-refractivity contribution >= 4 is 5.97 Å². The third-order valence-electron chi connectivity index (χ3n) is 4.67. The van der Waals surface area contributed by atoms with E-state index in [2.05, 4.69) is 18.2 Å². The average Bonchev–Trinajstić information content (AvgIpc) is 3.05. The van der Waals surface area contributed by atoms with Gasteiger partial charge in [0, 0.05) is 24.7 Å². The quantitative estimate of drug-likeness (QED) is 0.518. The van der Waals surface area contributed by atoms with Crippen molar-refractivity contribution in [3.63, 3.8) is 0 Å². The van der Waals surface area contributed by atoms with Crippen LogP contribution in [-0.2, 0) is 19.0 Å². The molecule has 3 aliphatic carbocycles. The molecule has 18 heavy (non-hydrogen) atoms. The number of rotatable bonds is 1. The second-order valence-corrected chi connectivity index (χ2v) is 5.47. The van der Waals surface area contributed by atoms with Crippen LogP contribution >= 0.6 is 0 Å². The number of fused-ring (bicyclic) bond motifs is 3. The number of ether oxygens (including phenoxy) is 3. The van der Waals surface area contributed by atoms with E-state index in [0.29, 0.717) is 19.1 Å². The lowest BCUT2D eigenvalue weighted by atomic mass is 9.84. The highest BCUT2D eigenvalue weighted by atomic mass is 16.7. The minimum atomic E-state index is -0.474. The summed E-state index contributed by atoms with van der Waals surface area (Å²) in [5, 5.41) is 0. The number of esters is 1. The molecule has 1 spiro atoms. The maximum Gasteiger partial charge on any atom is 0.303 e. The van der Waals surface area contributed by atoms with Gasteiger partial charge in [0.05, 0.1) is 13.2 Å². The van der Waals surface area contributed by atoms with Crippen LogP contribution in [0.5, 0.6) is 0 Å². The molecule has 96 valence electrons. The molecule has 1 saturated heterocycles. The molecule has 0 unspecified atom stereocenters. The Bertz CT molecular complexity index is 447. The third kappa shape index (κ3) is 1.15. The summed E-state index contributed by atoms with van der Waals surface area (Å²) in [7, 11) is 0. The first kappa shape index (κ1) is 10.8. The molecule has 1 saturated carbocycles. The van der Waals surface area contributed by atoms with Crippen LogP contribution in [0.15, 0.2) is 24.3 Å². The Kier molecular flexibility index (Phi) is 2.07. The fraction of sp³-hybridized carbons (Fsp3) is 0.643. The molecule has 2 bridgehead atoms. The monoisotopic (exact) mass is 248 g/mol. The van der Waals surface area contributed by atoms with Crippen LogP contribution in [0.25, 0.3) is 0 Å². The summed E-state index contributed by atoms with van der Waals surface area (Å²) in [6.45, 7) is 2.79. The second kappa shape index (κ2) is 3.45. The molecule has 2 fully saturated rings. The molecule has 1 aliphatic heterocycles. The Morgan fingerprint density at radius 2 is 1.89 bits per heavy atom. The SMILES string of the molecule is CC(=O)O[C@@H]1C=C[C@H]2[C@@H]1[C@H]1C=C[C@@H]2C12OCCO2. The standard InChI is InChI=1S/C14H16O4/c1-8(15)18-12-5-2-9-10-3-4-11(13(9)12)14(10)16-6-7-17-14/h2-5,9-13H,6-7H2,1H3/t9-,10+,11-,12-,13-/m1/s1. The molecule has 4 rings (SSSR count).